The Bertz CT molecular complexity index is 1380. The van der Waals surface area contributed by atoms with E-state index in [0.29, 0.717) is 34.5 Å². The predicted octanol–water partition coefficient (Wildman–Crippen LogP) is 5.37. The summed E-state index contributed by atoms with van der Waals surface area (Å²) in [6, 6.07) is 30.4. The van der Waals surface area contributed by atoms with Gasteiger partial charge in [-0.15, -0.1) is 0 Å². The number of hydrogen-bond acceptors (Lipinski definition) is 3. The van der Waals surface area contributed by atoms with Crippen LogP contribution in [0.25, 0.3) is 0 Å². The monoisotopic (exact) mass is 446 g/mol. The van der Waals surface area contributed by atoms with E-state index in [2.05, 4.69) is 5.32 Å². The van der Waals surface area contributed by atoms with Gasteiger partial charge < -0.3 is 10.2 Å². The van der Waals surface area contributed by atoms with Crippen molar-refractivity contribution in [3.63, 3.8) is 0 Å². The lowest BCUT2D eigenvalue weighted by molar-refractivity contribution is 0.0988. The molecule has 0 aliphatic carbocycles. The van der Waals surface area contributed by atoms with Crippen LogP contribution < -0.4 is 10.2 Å². The number of carbonyl (C=O) groups excluding carboxylic acids is 3. The Morgan fingerprint density at radius 3 is 2.06 bits per heavy atom. The fourth-order valence-corrected chi connectivity index (χ4v) is 4.22. The molecule has 1 heterocycles. The summed E-state index contributed by atoms with van der Waals surface area (Å²) in [6.45, 7) is 0.656. The molecule has 1 N–H and O–H groups in total. The smallest absolute Gasteiger partial charge is 0.258 e. The third-order valence-corrected chi connectivity index (χ3v) is 5.97. The number of fused-ring (bicyclic) bond motifs is 1. The minimum absolute atomic E-state index is 0.0679. The molecule has 0 bridgehead atoms. The van der Waals surface area contributed by atoms with Gasteiger partial charge in [-0.25, -0.2) is 0 Å². The molecule has 0 saturated carbocycles. The molecule has 0 fully saturated rings. The summed E-state index contributed by atoms with van der Waals surface area (Å²) < 4.78 is 0. The highest BCUT2D eigenvalue weighted by Crippen LogP contribution is 2.29. The standard InChI is InChI=1S/C29H22N2O3/c32-27(21-9-2-1-3-10-21)24-11-5-6-12-25(24)28(33)30-23-16-14-22(15-17-23)29(34)31-19-18-20-8-4-7-13-26(20)31/h1-17H,18-19H2,(H,30,33). The second kappa shape index (κ2) is 9.16. The van der Waals surface area contributed by atoms with Crippen LogP contribution in [-0.4, -0.2) is 24.1 Å². The zero-order valence-corrected chi connectivity index (χ0v) is 18.4. The van der Waals surface area contributed by atoms with Crippen LogP contribution in [0.15, 0.2) is 103 Å². The maximum Gasteiger partial charge on any atom is 0.258 e. The number of nitrogens with zero attached hydrogens (tertiary/aromatic N) is 1. The normalized spacial score (nSPS) is 12.2. The average molecular weight is 447 g/mol. The molecule has 166 valence electrons. The molecule has 5 rings (SSSR count). The largest absolute Gasteiger partial charge is 0.322 e. The van der Waals surface area contributed by atoms with Crippen molar-refractivity contribution in [1.82, 2.24) is 0 Å². The molecule has 0 radical (unpaired) electrons. The predicted molar refractivity (Wildman–Crippen MR) is 133 cm³/mol. The van der Waals surface area contributed by atoms with Gasteiger partial charge in [0.25, 0.3) is 11.8 Å². The molecule has 0 unspecified atom stereocenters. The van der Waals surface area contributed by atoms with Crippen LogP contribution in [0.2, 0.25) is 0 Å². The van der Waals surface area contributed by atoms with Gasteiger partial charge in [0.15, 0.2) is 5.78 Å². The quantitative estimate of drug-likeness (QED) is 0.419. The van der Waals surface area contributed by atoms with Gasteiger partial charge in [-0.1, -0.05) is 66.7 Å². The van der Waals surface area contributed by atoms with Gasteiger partial charge >= 0.3 is 0 Å². The van der Waals surface area contributed by atoms with Crippen molar-refractivity contribution < 1.29 is 14.4 Å². The Labute approximate surface area is 197 Å². The van der Waals surface area contributed by atoms with Crippen molar-refractivity contribution in [3.05, 3.63) is 131 Å². The highest BCUT2D eigenvalue weighted by molar-refractivity contribution is 6.17. The van der Waals surface area contributed by atoms with E-state index >= 15 is 0 Å². The van der Waals surface area contributed by atoms with Crippen molar-refractivity contribution in [2.45, 2.75) is 6.42 Å². The van der Waals surface area contributed by atoms with Gasteiger partial charge in [-0.2, -0.15) is 0 Å². The Balaban J connectivity index is 1.32. The van der Waals surface area contributed by atoms with E-state index in [1.807, 2.05) is 30.3 Å². The van der Waals surface area contributed by atoms with Gasteiger partial charge in [0.05, 0.1) is 5.56 Å². The second-order valence-corrected chi connectivity index (χ2v) is 8.11. The molecule has 4 aromatic carbocycles. The first kappa shape index (κ1) is 21.3. The first-order valence-electron chi connectivity index (χ1n) is 11.1. The van der Waals surface area contributed by atoms with E-state index in [0.717, 1.165) is 12.1 Å². The van der Waals surface area contributed by atoms with Crippen LogP contribution >= 0.6 is 0 Å². The zero-order chi connectivity index (χ0) is 23.5. The molecule has 5 nitrogen and oxygen atoms in total. The van der Waals surface area contributed by atoms with E-state index in [1.165, 1.54) is 5.56 Å². The minimum Gasteiger partial charge on any atom is -0.322 e. The second-order valence-electron chi connectivity index (χ2n) is 8.11. The van der Waals surface area contributed by atoms with Gasteiger partial charge in [0, 0.05) is 34.6 Å². The minimum atomic E-state index is -0.382. The first-order chi connectivity index (χ1) is 16.6. The van der Waals surface area contributed by atoms with Crippen LogP contribution in [0.4, 0.5) is 11.4 Å². The van der Waals surface area contributed by atoms with Crippen molar-refractivity contribution in [1.29, 1.82) is 0 Å². The Kier molecular flexibility index (Phi) is 5.75. The summed E-state index contributed by atoms with van der Waals surface area (Å²) >= 11 is 0. The summed E-state index contributed by atoms with van der Waals surface area (Å²) in [4.78, 5) is 40.7. The Morgan fingerprint density at radius 1 is 0.647 bits per heavy atom. The Morgan fingerprint density at radius 2 is 1.29 bits per heavy atom. The van der Waals surface area contributed by atoms with E-state index in [-0.39, 0.29) is 17.6 Å². The number of nitrogens with one attached hydrogen (secondary N) is 1. The average Bonchev–Trinajstić information content (AvgIpc) is 3.33. The molecule has 1 aliphatic rings. The number of carbonyl (C=O) groups is 3. The lowest BCUT2D eigenvalue weighted by Gasteiger charge is -2.17. The van der Waals surface area contributed by atoms with Gasteiger partial charge in [-0.3, -0.25) is 14.4 Å². The highest BCUT2D eigenvalue weighted by Gasteiger charge is 2.25. The molecule has 1 aliphatic heterocycles. The SMILES string of the molecule is O=C(Nc1ccc(C(=O)N2CCc3ccccc32)cc1)c1ccccc1C(=O)c1ccccc1. The maximum atomic E-state index is 13.0. The van der Waals surface area contributed by atoms with Crippen LogP contribution in [0, 0.1) is 0 Å². The molecule has 0 aromatic heterocycles. The number of ketones is 1. The first-order valence-corrected chi connectivity index (χ1v) is 11.1. The maximum absolute atomic E-state index is 13.0. The molecule has 5 heteroatoms. The van der Waals surface area contributed by atoms with Gasteiger partial charge in [0.2, 0.25) is 0 Å². The van der Waals surface area contributed by atoms with Crippen molar-refractivity contribution >= 4 is 29.0 Å². The molecule has 0 spiro atoms. The number of benzene rings is 4. The lowest BCUT2D eigenvalue weighted by atomic mass is 9.98. The zero-order valence-electron chi connectivity index (χ0n) is 18.4. The van der Waals surface area contributed by atoms with Crippen molar-refractivity contribution in [3.8, 4) is 0 Å². The van der Waals surface area contributed by atoms with E-state index < -0.39 is 0 Å². The third-order valence-electron chi connectivity index (χ3n) is 5.97. The number of anilines is 2. The van der Waals surface area contributed by atoms with Crippen LogP contribution in [0.3, 0.4) is 0 Å². The number of para-hydroxylation sites is 1. The highest BCUT2D eigenvalue weighted by atomic mass is 16.2. The van der Waals surface area contributed by atoms with E-state index in [9.17, 15) is 14.4 Å². The molecule has 4 aromatic rings. The molecule has 0 atom stereocenters. The van der Waals surface area contributed by atoms with E-state index in [4.69, 9.17) is 0 Å². The number of amides is 2. The molecule has 2 amide bonds. The number of hydrogen-bond donors (Lipinski definition) is 1. The summed E-state index contributed by atoms with van der Waals surface area (Å²) in [5.41, 5.74) is 4.37. The van der Waals surface area contributed by atoms with Crippen molar-refractivity contribution in [2.75, 3.05) is 16.8 Å². The molecule has 0 saturated heterocycles. The van der Waals surface area contributed by atoms with Gasteiger partial charge in [-0.05, 0) is 48.4 Å². The lowest BCUT2D eigenvalue weighted by Crippen LogP contribution is -2.28. The topological polar surface area (TPSA) is 66.5 Å². The molecular weight excluding hydrogens is 424 g/mol. The van der Waals surface area contributed by atoms with Crippen LogP contribution in [0.1, 0.15) is 42.2 Å². The summed E-state index contributed by atoms with van der Waals surface area (Å²) in [7, 11) is 0. The summed E-state index contributed by atoms with van der Waals surface area (Å²) in [6.07, 6.45) is 0.844. The third kappa shape index (κ3) is 4.11. The van der Waals surface area contributed by atoms with Crippen LogP contribution in [0.5, 0.6) is 0 Å². The fraction of sp³-hybridized carbons (Fsp3) is 0.0690. The van der Waals surface area contributed by atoms with Crippen molar-refractivity contribution in [2.24, 2.45) is 0 Å². The fourth-order valence-electron chi connectivity index (χ4n) is 4.22. The summed E-state index contributed by atoms with van der Waals surface area (Å²) in [5, 5.41) is 2.84. The van der Waals surface area contributed by atoms with E-state index in [1.54, 1.807) is 77.7 Å². The Hall–Kier alpha value is -4.51. The van der Waals surface area contributed by atoms with Crippen LogP contribution in [-0.2, 0) is 6.42 Å². The van der Waals surface area contributed by atoms with Gasteiger partial charge in [0.1, 0.15) is 0 Å². The molecular formula is C29H22N2O3. The summed E-state index contributed by atoms with van der Waals surface area (Å²) in [5.74, 6) is -0.660. The number of rotatable bonds is 5. The molecule has 34 heavy (non-hydrogen) atoms.